The number of nitrogens with zero attached hydrogens (tertiary/aromatic N) is 1. The maximum absolute atomic E-state index is 12.8. The highest BCUT2D eigenvalue weighted by Gasteiger charge is 2.17. The van der Waals surface area contributed by atoms with Crippen LogP contribution in [0.3, 0.4) is 0 Å². The van der Waals surface area contributed by atoms with Gasteiger partial charge < -0.3 is 19.2 Å². The number of furan rings is 1. The van der Waals surface area contributed by atoms with Crippen LogP contribution in [0.15, 0.2) is 71.1 Å². The van der Waals surface area contributed by atoms with Crippen molar-refractivity contribution in [3.05, 3.63) is 83.6 Å². The Bertz CT molecular complexity index is 1280. The summed E-state index contributed by atoms with van der Waals surface area (Å²) >= 11 is 0. The summed E-state index contributed by atoms with van der Waals surface area (Å²) in [5, 5.41) is 3.42. The highest BCUT2D eigenvalue weighted by Crippen LogP contribution is 2.26. The summed E-state index contributed by atoms with van der Waals surface area (Å²) < 4.78 is 16.1. The van der Waals surface area contributed by atoms with Crippen molar-refractivity contribution >= 4 is 22.8 Å². The van der Waals surface area contributed by atoms with E-state index < -0.39 is 5.97 Å². The number of carbonyl (C=O) groups is 2. The number of esters is 1. The molecule has 0 aliphatic heterocycles. The Morgan fingerprint density at radius 3 is 2.55 bits per heavy atom. The molecule has 0 bridgehead atoms. The van der Waals surface area contributed by atoms with Crippen LogP contribution < -0.4 is 10.1 Å². The van der Waals surface area contributed by atoms with Crippen molar-refractivity contribution in [3.63, 3.8) is 0 Å². The molecule has 0 fully saturated rings. The van der Waals surface area contributed by atoms with Crippen LogP contribution in [-0.2, 0) is 16.0 Å². The minimum Gasteiger partial charge on any atom is -0.497 e. The minimum atomic E-state index is -0.594. The molecule has 2 heterocycles. The number of hydrogen-bond donors (Lipinski definition) is 1. The second-order valence-corrected chi connectivity index (χ2v) is 7.51. The predicted molar refractivity (Wildman–Crippen MR) is 124 cm³/mol. The molecule has 1 N–H and O–H groups in total. The summed E-state index contributed by atoms with van der Waals surface area (Å²) in [7, 11) is 1.62. The minimum absolute atomic E-state index is 0.329. The van der Waals surface area contributed by atoms with E-state index in [0.29, 0.717) is 40.9 Å². The zero-order valence-corrected chi connectivity index (χ0v) is 18.5. The van der Waals surface area contributed by atoms with Gasteiger partial charge in [0, 0.05) is 11.9 Å². The molecule has 0 saturated carbocycles. The first-order valence-electron chi connectivity index (χ1n) is 10.6. The Hall–Kier alpha value is -4.13. The highest BCUT2D eigenvalue weighted by molar-refractivity contribution is 6.05. The maximum atomic E-state index is 12.8. The Morgan fingerprint density at radius 2 is 1.82 bits per heavy atom. The first-order chi connectivity index (χ1) is 16.0. The van der Waals surface area contributed by atoms with E-state index in [4.69, 9.17) is 13.9 Å². The molecule has 2 aromatic carbocycles. The van der Waals surface area contributed by atoms with Crippen molar-refractivity contribution in [2.75, 3.05) is 20.3 Å². The lowest BCUT2D eigenvalue weighted by molar-refractivity contribution is -0.124. The SMILES string of the molecule is COc1ccc(CCNC(=O)COC(=O)c2cc(-c3ccc(C)o3)nc3ccccc23)cc1. The molecule has 0 radical (unpaired) electrons. The second-order valence-electron chi connectivity index (χ2n) is 7.51. The molecule has 7 nitrogen and oxygen atoms in total. The number of ether oxygens (including phenoxy) is 2. The molecule has 0 unspecified atom stereocenters. The lowest BCUT2D eigenvalue weighted by Gasteiger charge is -2.10. The van der Waals surface area contributed by atoms with Gasteiger partial charge >= 0.3 is 5.97 Å². The van der Waals surface area contributed by atoms with Crippen molar-refractivity contribution in [1.82, 2.24) is 10.3 Å². The van der Waals surface area contributed by atoms with Gasteiger partial charge in [-0.1, -0.05) is 30.3 Å². The molecule has 0 aliphatic carbocycles. The summed E-state index contributed by atoms with van der Waals surface area (Å²) in [4.78, 5) is 29.6. The molecule has 2 aromatic heterocycles. The molecule has 0 aliphatic rings. The van der Waals surface area contributed by atoms with E-state index in [1.54, 1.807) is 25.3 Å². The Balaban J connectivity index is 1.39. The number of amides is 1. The third-order valence-electron chi connectivity index (χ3n) is 5.16. The fraction of sp³-hybridized carbons (Fsp3) is 0.192. The summed E-state index contributed by atoms with van der Waals surface area (Å²) in [5.74, 6) is 1.13. The van der Waals surface area contributed by atoms with Crippen molar-refractivity contribution < 1.29 is 23.5 Å². The van der Waals surface area contributed by atoms with Crippen molar-refractivity contribution in [2.45, 2.75) is 13.3 Å². The van der Waals surface area contributed by atoms with E-state index in [1.807, 2.05) is 55.5 Å². The van der Waals surface area contributed by atoms with Crippen LogP contribution in [0.5, 0.6) is 5.75 Å². The van der Waals surface area contributed by atoms with Gasteiger partial charge in [-0.15, -0.1) is 0 Å². The molecular weight excluding hydrogens is 420 g/mol. The average molecular weight is 444 g/mol. The van der Waals surface area contributed by atoms with Crippen molar-refractivity contribution in [1.29, 1.82) is 0 Å². The number of aryl methyl sites for hydroxylation is 1. The smallest absolute Gasteiger partial charge is 0.339 e. The number of pyridine rings is 1. The van der Waals surface area contributed by atoms with E-state index >= 15 is 0 Å². The van der Waals surface area contributed by atoms with E-state index in [9.17, 15) is 9.59 Å². The Labute approximate surface area is 191 Å². The third-order valence-corrected chi connectivity index (χ3v) is 5.16. The van der Waals surface area contributed by atoms with Gasteiger partial charge in [0.15, 0.2) is 12.4 Å². The maximum Gasteiger partial charge on any atom is 0.339 e. The summed E-state index contributed by atoms with van der Waals surface area (Å²) in [6.07, 6.45) is 0.657. The van der Waals surface area contributed by atoms with Gasteiger partial charge in [0.05, 0.1) is 18.2 Å². The Morgan fingerprint density at radius 1 is 1.03 bits per heavy atom. The molecule has 0 atom stereocenters. The van der Waals surface area contributed by atoms with E-state index in [1.165, 1.54) is 0 Å². The molecule has 168 valence electrons. The number of methoxy groups -OCH3 is 1. The lowest BCUT2D eigenvalue weighted by atomic mass is 10.1. The van der Waals surface area contributed by atoms with Gasteiger partial charge in [-0.05, 0) is 55.3 Å². The van der Waals surface area contributed by atoms with Gasteiger partial charge in [-0.25, -0.2) is 9.78 Å². The number of nitrogens with one attached hydrogen (secondary N) is 1. The van der Waals surface area contributed by atoms with Gasteiger partial charge in [0.25, 0.3) is 5.91 Å². The van der Waals surface area contributed by atoms with Gasteiger partial charge in [0.1, 0.15) is 17.2 Å². The van der Waals surface area contributed by atoms with Crippen LogP contribution in [0, 0.1) is 6.92 Å². The first kappa shape index (κ1) is 22.1. The quantitative estimate of drug-likeness (QED) is 0.407. The topological polar surface area (TPSA) is 90.7 Å². The monoisotopic (exact) mass is 444 g/mol. The van der Waals surface area contributed by atoms with Crippen LogP contribution in [0.1, 0.15) is 21.7 Å². The molecular formula is C26H24N2O5. The van der Waals surface area contributed by atoms with Crippen LogP contribution in [-0.4, -0.2) is 37.1 Å². The number of para-hydroxylation sites is 1. The highest BCUT2D eigenvalue weighted by atomic mass is 16.5. The van der Waals surface area contributed by atoms with Crippen LogP contribution >= 0.6 is 0 Å². The fourth-order valence-corrected chi connectivity index (χ4v) is 3.44. The largest absolute Gasteiger partial charge is 0.497 e. The predicted octanol–water partition coefficient (Wildman–Crippen LogP) is 4.33. The van der Waals surface area contributed by atoms with E-state index in [2.05, 4.69) is 10.3 Å². The lowest BCUT2D eigenvalue weighted by Crippen LogP contribution is -2.30. The molecule has 0 spiro atoms. The van der Waals surface area contributed by atoms with Gasteiger partial charge in [0.2, 0.25) is 0 Å². The molecule has 7 heteroatoms. The normalized spacial score (nSPS) is 10.7. The molecule has 1 amide bonds. The molecule has 33 heavy (non-hydrogen) atoms. The number of hydrogen-bond acceptors (Lipinski definition) is 6. The first-order valence-corrected chi connectivity index (χ1v) is 10.6. The van der Waals surface area contributed by atoms with E-state index in [-0.39, 0.29) is 12.5 Å². The van der Waals surface area contributed by atoms with Crippen LogP contribution in [0.2, 0.25) is 0 Å². The standard InChI is InChI=1S/C26H24N2O5/c1-17-7-12-24(33-17)23-15-21(20-5-3-4-6-22(20)28-23)26(30)32-16-25(29)27-14-13-18-8-10-19(31-2)11-9-18/h3-12,15H,13-14,16H2,1-2H3,(H,27,29). The third kappa shape index (κ3) is 5.38. The number of benzene rings is 2. The van der Waals surface area contributed by atoms with Gasteiger partial charge in [-0.3, -0.25) is 4.79 Å². The van der Waals surface area contributed by atoms with Crippen molar-refractivity contribution in [2.24, 2.45) is 0 Å². The number of fused-ring (bicyclic) bond motifs is 1. The molecule has 4 aromatic rings. The zero-order valence-electron chi connectivity index (χ0n) is 18.5. The van der Waals surface area contributed by atoms with Crippen LogP contribution in [0.4, 0.5) is 0 Å². The number of aromatic nitrogens is 1. The van der Waals surface area contributed by atoms with Crippen molar-refractivity contribution in [3.8, 4) is 17.2 Å². The summed E-state index contributed by atoms with van der Waals surface area (Å²) in [6, 6.07) is 20.2. The van der Waals surface area contributed by atoms with Gasteiger partial charge in [-0.2, -0.15) is 0 Å². The second kappa shape index (κ2) is 9.99. The van der Waals surface area contributed by atoms with Crippen LogP contribution in [0.25, 0.3) is 22.4 Å². The summed E-state index contributed by atoms with van der Waals surface area (Å²) in [6.45, 7) is 1.91. The van der Waals surface area contributed by atoms with E-state index in [0.717, 1.165) is 17.1 Å². The summed E-state index contributed by atoms with van der Waals surface area (Å²) in [5.41, 5.74) is 2.56. The number of rotatable bonds is 8. The average Bonchev–Trinajstić information content (AvgIpc) is 3.28. The fourth-order valence-electron chi connectivity index (χ4n) is 3.44. The molecule has 0 saturated heterocycles. The number of carbonyl (C=O) groups excluding carboxylic acids is 2. The molecule has 4 rings (SSSR count). The Kier molecular flexibility index (Phi) is 6.69. The zero-order chi connectivity index (χ0) is 23.2.